The van der Waals surface area contributed by atoms with Crippen LogP contribution in [0.3, 0.4) is 0 Å². The van der Waals surface area contributed by atoms with E-state index in [-0.39, 0.29) is 15.8 Å². The van der Waals surface area contributed by atoms with Crippen molar-refractivity contribution in [2.45, 2.75) is 24.2 Å². The number of halogens is 1. The summed E-state index contributed by atoms with van der Waals surface area (Å²) in [7, 11) is -3.61. The zero-order valence-corrected chi connectivity index (χ0v) is 15.0. The average molecular weight is 369 g/mol. The van der Waals surface area contributed by atoms with Crippen LogP contribution in [0, 0.1) is 5.92 Å². The minimum absolute atomic E-state index is 0.112. The summed E-state index contributed by atoms with van der Waals surface area (Å²) in [5.74, 6) is 0.448. The Balaban J connectivity index is 1.61. The smallest absolute Gasteiger partial charge is 0.244 e. The highest BCUT2D eigenvalue weighted by atomic mass is 35.5. The summed E-state index contributed by atoms with van der Waals surface area (Å²) in [6.07, 6.45) is 6.82. The zero-order valence-electron chi connectivity index (χ0n) is 13.4. The lowest BCUT2D eigenvalue weighted by Crippen LogP contribution is -2.50. The van der Waals surface area contributed by atoms with Crippen molar-refractivity contribution in [3.8, 4) is 0 Å². The predicted molar refractivity (Wildman–Crippen MR) is 93.3 cm³/mol. The molecule has 24 heavy (non-hydrogen) atoms. The topological polar surface area (TPSA) is 57.7 Å². The Morgan fingerprint density at radius 3 is 2.50 bits per heavy atom. The lowest BCUT2D eigenvalue weighted by molar-refractivity contribution is -0.133. The number of allylic oxidation sites excluding steroid dienone is 2. The van der Waals surface area contributed by atoms with Gasteiger partial charge in [-0.3, -0.25) is 4.79 Å². The molecular weight excluding hydrogens is 348 g/mol. The SMILES string of the molecule is O=C(C[C@H]1C=CCC1)N1CCN(S(=O)(=O)c2ccccc2Cl)CC1. The predicted octanol–water partition coefficient (Wildman–Crippen LogP) is 2.53. The summed E-state index contributed by atoms with van der Waals surface area (Å²) in [6, 6.07) is 6.45. The summed E-state index contributed by atoms with van der Waals surface area (Å²) < 4.78 is 26.8. The third-order valence-corrected chi connectivity index (χ3v) is 6.99. The second-order valence-electron chi connectivity index (χ2n) is 6.19. The molecule has 1 saturated heterocycles. The molecule has 3 rings (SSSR count). The fraction of sp³-hybridized carbons (Fsp3) is 0.471. The molecule has 1 fully saturated rings. The van der Waals surface area contributed by atoms with E-state index in [0.717, 1.165) is 12.8 Å². The van der Waals surface area contributed by atoms with Gasteiger partial charge in [-0.05, 0) is 30.9 Å². The van der Waals surface area contributed by atoms with Crippen LogP contribution < -0.4 is 0 Å². The van der Waals surface area contributed by atoms with Crippen molar-refractivity contribution in [2.75, 3.05) is 26.2 Å². The fourth-order valence-electron chi connectivity index (χ4n) is 3.19. The van der Waals surface area contributed by atoms with Crippen molar-refractivity contribution in [3.63, 3.8) is 0 Å². The summed E-state index contributed by atoms with van der Waals surface area (Å²) in [5.41, 5.74) is 0. The first-order chi connectivity index (χ1) is 11.5. The molecule has 1 aromatic rings. The van der Waals surface area contributed by atoms with Crippen molar-refractivity contribution >= 4 is 27.5 Å². The number of carbonyl (C=O) groups excluding carboxylic acids is 1. The van der Waals surface area contributed by atoms with Gasteiger partial charge < -0.3 is 4.90 Å². The van der Waals surface area contributed by atoms with Crippen molar-refractivity contribution in [3.05, 3.63) is 41.4 Å². The van der Waals surface area contributed by atoms with E-state index >= 15 is 0 Å². The van der Waals surface area contributed by atoms with Gasteiger partial charge in [-0.15, -0.1) is 0 Å². The molecule has 1 aliphatic heterocycles. The number of hydrogen-bond donors (Lipinski definition) is 0. The van der Waals surface area contributed by atoms with Gasteiger partial charge in [0, 0.05) is 32.6 Å². The molecule has 0 unspecified atom stereocenters. The number of sulfonamides is 1. The molecule has 130 valence electrons. The van der Waals surface area contributed by atoms with Crippen LogP contribution in [0.15, 0.2) is 41.3 Å². The molecule has 1 atom stereocenters. The van der Waals surface area contributed by atoms with E-state index in [0.29, 0.717) is 38.5 Å². The lowest BCUT2D eigenvalue weighted by atomic mass is 10.0. The summed E-state index contributed by atoms with van der Waals surface area (Å²) in [4.78, 5) is 14.2. The van der Waals surface area contributed by atoms with Crippen LogP contribution in [0.5, 0.6) is 0 Å². The van der Waals surface area contributed by atoms with Gasteiger partial charge in [-0.25, -0.2) is 8.42 Å². The molecule has 0 N–H and O–H groups in total. The summed E-state index contributed by atoms with van der Waals surface area (Å²) in [5, 5.41) is 0.226. The van der Waals surface area contributed by atoms with Gasteiger partial charge in [-0.2, -0.15) is 4.31 Å². The molecule has 5 nitrogen and oxygen atoms in total. The van der Waals surface area contributed by atoms with E-state index in [9.17, 15) is 13.2 Å². The molecular formula is C17H21ClN2O3S. The summed E-state index contributed by atoms with van der Waals surface area (Å²) in [6.45, 7) is 1.47. The number of benzene rings is 1. The highest BCUT2D eigenvalue weighted by molar-refractivity contribution is 7.89. The van der Waals surface area contributed by atoms with Crippen LogP contribution in [-0.4, -0.2) is 49.7 Å². The highest BCUT2D eigenvalue weighted by Crippen LogP contribution is 2.26. The Labute approximate surface area is 147 Å². The molecule has 0 saturated carbocycles. The molecule has 2 aliphatic rings. The van der Waals surface area contributed by atoms with Crippen molar-refractivity contribution in [1.29, 1.82) is 0 Å². The van der Waals surface area contributed by atoms with E-state index in [4.69, 9.17) is 11.6 Å². The molecule has 0 aromatic heterocycles. The summed E-state index contributed by atoms with van der Waals surface area (Å²) >= 11 is 6.03. The van der Waals surface area contributed by atoms with Gasteiger partial charge in [0.15, 0.2) is 0 Å². The average Bonchev–Trinajstić information content (AvgIpc) is 3.08. The van der Waals surface area contributed by atoms with Gasteiger partial charge in [0.1, 0.15) is 4.90 Å². The highest BCUT2D eigenvalue weighted by Gasteiger charge is 2.31. The van der Waals surface area contributed by atoms with E-state index in [1.54, 1.807) is 23.1 Å². The van der Waals surface area contributed by atoms with Crippen LogP contribution >= 0.6 is 11.6 Å². The van der Waals surface area contributed by atoms with E-state index in [1.165, 1.54) is 10.4 Å². The van der Waals surface area contributed by atoms with Crippen molar-refractivity contribution in [2.24, 2.45) is 5.92 Å². The normalized spacial score (nSPS) is 22.0. The number of rotatable bonds is 4. The van der Waals surface area contributed by atoms with Gasteiger partial charge in [0.2, 0.25) is 15.9 Å². The van der Waals surface area contributed by atoms with Gasteiger partial charge in [-0.1, -0.05) is 35.9 Å². The Bertz CT molecular complexity index is 740. The second-order valence-corrected chi connectivity index (χ2v) is 8.50. The molecule has 1 aromatic carbocycles. The Morgan fingerprint density at radius 1 is 1.17 bits per heavy atom. The number of amides is 1. The first kappa shape index (κ1) is 17.5. The molecule has 0 bridgehead atoms. The maximum atomic E-state index is 12.7. The third-order valence-electron chi connectivity index (χ3n) is 4.60. The van der Waals surface area contributed by atoms with Gasteiger partial charge in [0.25, 0.3) is 0 Å². The first-order valence-corrected chi connectivity index (χ1v) is 9.99. The van der Waals surface area contributed by atoms with E-state index < -0.39 is 10.0 Å². The monoisotopic (exact) mass is 368 g/mol. The molecule has 0 radical (unpaired) electrons. The van der Waals surface area contributed by atoms with Gasteiger partial charge >= 0.3 is 0 Å². The van der Waals surface area contributed by atoms with E-state index in [2.05, 4.69) is 12.2 Å². The quantitative estimate of drug-likeness (QED) is 0.767. The fourth-order valence-corrected chi connectivity index (χ4v) is 5.10. The van der Waals surface area contributed by atoms with Crippen LogP contribution in [0.2, 0.25) is 5.02 Å². The molecule has 1 aliphatic carbocycles. The standard InChI is InChI=1S/C17H21ClN2O3S/c18-15-7-3-4-8-16(15)24(22,23)20-11-9-19(10-12-20)17(21)13-14-5-1-2-6-14/h1,3-5,7-8,14H,2,6,9-13H2/t14-/m0/s1. The number of hydrogen-bond acceptors (Lipinski definition) is 3. The molecule has 1 heterocycles. The van der Waals surface area contributed by atoms with Crippen LogP contribution in [0.4, 0.5) is 0 Å². The minimum Gasteiger partial charge on any atom is -0.340 e. The maximum Gasteiger partial charge on any atom is 0.244 e. The minimum atomic E-state index is -3.61. The Morgan fingerprint density at radius 2 is 1.88 bits per heavy atom. The van der Waals surface area contributed by atoms with Crippen LogP contribution in [-0.2, 0) is 14.8 Å². The van der Waals surface area contributed by atoms with Crippen LogP contribution in [0.25, 0.3) is 0 Å². The van der Waals surface area contributed by atoms with Crippen LogP contribution in [0.1, 0.15) is 19.3 Å². The number of carbonyl (C=O) groups is 1. The Kier molecular flexibility index (Phi) is 5.27. The third kappa shape index (κ3) is 3.66. The van der Waals surface area contributed by atoms with Gasteiger partial charge in [0.05, 0.1) is 5.02 Å². The lowest BCUT2D eigenvalue weighted by Gasteiger charge is -2.34. The second kappa shape index (κ2) is 7.25. The van der Waals surface area contributed by atoms with Crippen molar-refractivity contribution < 1.29 is 13.2 Å². The first-order valence-electron chi connectivity index (χ1n) is 8.17. The largest absolute Gasteiger partial charge is 0.340 e. The number of piperazine rings is 1. The molecule has 1 amide bonds. The van der Waals surface area contributed by atoms with E-state index in [1.807, 2.05) is 0 Å². The number of nitrogens with zero attached hydrogens (tertiary/aromatic N) is 2. The molecule has 7 heteroatoms. The molecule has 0 spiro atoms. The van der Waals surface area contributed by atoms with Crippen molar-refractivity contribution in [1.82, 2.24) is 9.21 Å². The Hall–Kier alpha value is -1.37. The zero-order chi connectivity index (χ0) is 17.2. The maximum absolute atomic E-state index is 12.7.